The highest BCUT2D eigenvalue weighted by Crippen LogP contribution is 2.34. The molecule has 1 saturated heterocycles. The van der Waals surface area contributed by atoms with Crippen molar-refractivity contribution in [3.63, 3.8) is 0 Å². The fourth-order valence-electron chi connectivity index (χ4n) is 3.65. The molecule has 0 spiro atoms. The quantitative estimate of drug-likeness (QED) is 0.658. The van der Waals surface area contributed by atoms with Crippen molar-refractivity contribution in [1.29, 1.82) is 0 Å². The van der Waals surface area contributed by atoms with Crippen LogP contribution in [0.5, 0.6) is 5.75 Å². The molecular weight excluding hydrogens is 383 g/mol. The summed E-state index contributed by atoms with van der Waals surface area (Å²) in [6.45, 7) is 2.09. The van der Waals surface area contributed by atoms with Gasteiger partial charge in [-0.2, -0.15) is 0 Å². The monoisotopic (exact) mass is 411 g/mol. The second-order valence-electron chi connectivity index (χ2n) is 6.83. The summed E-state index contributed by atoms with van der Waals surface area (Å²) in [6.07, 6.45) is 4.57. The Hall–Kier alpha value is -0.850. The zero-order chi connectivity index (χ0) is 17.0. The van der Waals surface area contributed by atoms with Gasteiger partial charge in [0.1, 0.15) is 11.6 Å². The smallest absolute Gasteiger partial charge is 0.252 e. The Morgan fingerprint density at radius 2 is 2.08 bits per heavy atom. The van der Waals surface area contributed by atoms with E-state index in [1.54, 1.807) is 7.11 Å². The number of aryl methyl sites for hydroxylation is 1. The fourth-order valence-corrected chi connectivity index (χ4v) is 3.65. The van der Waals surface area contributed by atoms with Crippen molar-refractivity contribution in [3.05, 3.63) is 17.3 Å². The number of rotatable bonds is 7. The topological polar surface area (TPSA) is 46.2 Å². The van der Waals surface area contributed by atoms with Gasteiger partial charge in [-0.3, -0.25) is 0 Å². The van der Waals surface area contributed by atoms with Gasteiger partial charge in [-0.1, -0.05) is 0 Å². The van der Waals surface area contributed by atoms with E-state index >= 15 is 0 Å². The maximum absolute atomic E-state index is 14.1. The largest absolute Gasteiger partial charge is 0.496 e. The lowest BCUT2D eigenvalue weighted by molar-refractivity contribution is -0.0597. The molecule has 26 heavy (non-hydrogen) atoms. The highest BCUT2D eigenvalue weighted by atomic mass is 35.5. The van der Waals surface area contributed by atoms with Crippen molar-refractivity contribution in [2.75, 3.05) is 32.1 Å². The van der Waals surface area contributed by atoms with E-state index in [0.29, 0.717) is 32.4 Å². The highest BCUT2D eigenvalue weighted by molar-refractivity contribution is 5.85. The molecule has 8 heteroatoms. The van der Waals surface area contributed by atoms with Crippen LogP contribution in [0.4, 0.5) is 14.6 Å². The molecule has 0 radical (unpaired) electrons. The van der Waals surface area contributed by atoms with E-state index in [9.17, 15) is 8.78 Å². The first kappa shape index (κ1) is 23.2. The third-order valence-corrected chi connectivity index (χ3v) is 5.10. The zero-order valence-corrected chi connectivity index (χ0v) is 16.8. The van der Waals surface area contributed by atoms with Gasteiger partial charge in [-0.15, -0.1) is 24.8 Å². The number of unbranched alkanes of at least 4 members (excludes halogenated alkanes) is 1. The van der Waals surface area contributed by atoms with E-state index in [1.165, 1.54) is 0 Å². The van der Waals surface area contributed by atoms with Crippen LogP contribution >= 0.6 is 24.8 Å². The van der Waals surface area contributed by atoms with E-state index in [2.05, 4.69) is 15.6 Å². The van der Waals surface area contributed by atoms with Crippen LogP contribution in [0.2, 0.25) is 0 Å². The van der Waals surface area contributed by atoms with Gasteiger partial charge >= 0.3 is 0 Å². The van der Waals surface area contributed by atoms with Crippen molar-refractivity contribution in [2.45, 2.75) is 50.9 Å². The number of hydrogen-bond acceptors (Lipinski definition) is 4. The summed E-state index contributed by atoms with van der Waals surface area (Å²) < 4.78 is 33.7. The molecule has 2 N–H and O–H groups in total. The number of methoxy groups -OCH3 is 1. The predicted molar refractivity (Wildman–Crippen MR) is 106 cm³/mol. The third-order valence-electron chi connectivity index (χ3n) is 5.10. The minimum absolute atomic E-state index is 0. The van der Waals surface area contributed by atoms with Gasteiger partial charge in [0.15, 0.2) is 0 Å². The van der Waals surface area contributed by atoms with Crippen LogP contribution in [0.15, 0.2) is 6.07 Å². The number of nitrogens with one attached hydrogen (secondary N) is 2. The van der Waals surface area contributed by atoms with Crippen LogP contribution in [-0.4, -0.2) is 37.7 Å². The summed E-state index contributed by atoms with van der Waals surface area (Å²) in [5, 5.41) is 6.34. The number of pyridine rings is 1. The molecule has 0 bridgehead atoms. The molecule has 1 fully saturated rings. The lowest BCUT2D eigenvalue weighted by atomic mass is 9.95. The first-order valence-corrected chi connectivity index (χ1v) is 8.99. The Kier molecular flexibility index (Phi) is 9.34. The van der Waals surface area contributed by atoms with Crippen molar-refractivity contribution in [2.24, 2.45) is 5.92 Å². The molecule has 0 aliphatic carbocycles. The number of halogens is 4. The van der Waals surface area contributed by atoms with E-state index < -0.39 is 11.8 Å². The van der Waals surface area contributed by atoms with Crippen molar-refractivity contribution in [3.8, 4) is 5.75 Å². The molecule has 0 saturated carbocycles. The molecule has 2 aliphatic heterocycles. The Morgan fingerprint density at radius 3 is 2.77 bits per heavy atom. The summed E-state index contributed by atoms with van der Waals surface area (Å²) >= 11 is 0. The molecule has 3 heterocycles. The minimum atomic E-state index is -2.55. The average Bonchev–Trinajstić information content (AvgIpc) is 3.13. The lowest BCUT2D eigenvalue weighted by Gasteiger charge is -2.22. The maximum atomic E-state index is 14.1. The molecule has 2 aliphatic rings. The highest BCUT2D eigenvalue weighted by Gasteiger charge is 2.40. The zero-order valence-electron chi connectivity index (χ0n) is 15.2. The summed E-state index contributed by atoms with van der Waals surface area (Å²) in [5.74, 6) is -1.28. The predicted octanol–water partition coefficient (Wildman–Crippen LogP) is 4.25. The Balaban J connectivity index is 0.00000169. The molecule has 0 unspecified atom stereocenters. The van der Waals surface area contributed by atoms with E-state index in [-0.39, 0.29) is 31.2 Å². The Labute approximate surface area is 166 Å². The number of hydrogen-bond donors (Lipinski definition) is 2. The first-order valence-electron chi connectivity index (χ1n) is 8.99. The molecule has 150 valence electrons. The number of alkyl halides is 2. The molecule has 0 aromatic carbocycles. The number of ether oxygens (including phenoxy) is 1. The fraction of sp³-hybridized carbons (Fsp3) is 0.722. The molecule has 1 aromatic heterocycles. The van der Waals surface area contributed by atoms with Gasteiger partial charge in [-0.05, 0) is 45.1 Å². The van der Waals surface area contributed by atoms with E-state index in [4.69, 9.17) is 4.74 Å². The van der Waals surface area contributed by atoms with Gasteiger partial charge in [-0.25, -0.2) is 13.8 Å². The molecule has 0 amide bonds. The van der Waals surface area contributed by atoms with Gasteiger partial charge in [0, 0.05) is 42.8 Å². The second-order valence-corrected chi connectivity index (χ2v) is 6.83. The van der Waals surface area contributed by atoms with E-state index in [1.807, 2.05) is 6.07 Å². The van der Waals surface area contributed by atoms with Gasteiger partial charge in [0.25, 0.3) is 5.92 Å². The van der Waals surface area contributed by atoms with Crippen molar-refractivity contribution < 1.29 is 13.5 Å². The van der Waals surface area contributed by atoms with Crippen LogP contribution in [0, 0.1) is 5.92 Å². The number of fused-ring (bicyclic) bond motifs is 1. The van der Waals surface area contributed by atoms with Crippen LogP contribution in [-0.2, 0) is 12.8 Å². The number of aromatic nitrogens is 1. The lowest BCUT2D eigenvalue weighted by Crippen LogP contribution is -2.30. The van der Waals surface area contributed by atoms with Crippen LogP contribution in [0.25, 0.3) is 0 Å². The third kappa shape index (κ3) is 5.57. The minimum Gasteiger partial charge on any atom is -0.496 e. The molecule has 1 atom stereocenters. The Bertz CT molecular complexity index is 552. The van der Waals surface area contributed by atoms with Crippen LogP contribution in [0.1, 0.15) is 43.4 Å². The molecule has 4 nitrogen and oxygen atoms in total. The molecule has 3 rings (SSSR count). The van der Waals surface area contributed by atoms with Crippen molar-refractivity contribution >= 4 is 30.6 Å². The number of anilines is 1. The second kappa shape index (κ2) is 10.5. The number of nitrogens with zero attached hydrogens (tertiary/aromatic N) is 1. The van der Waals surface area contributed by atoms with Crippen LogP contribution in [0.3, 0.4) is 0 Å². The average molecular weight is 412 g/mol. The summed E-state index contributed by atoms with van der Waals surface area (Å²) in [6, 6.07) is 1.96. The van der Waals surface area contributed by atoms with Crippen molar-refractivity contribution in [1.82, 2.24) is 10.3 Å². The van der Waals surface area contributed by atoms with Gasteiger partial charge in [0.05, 0.1) is 7.11 Å². The molecular formula is C18H29Cl2F2N3O. The normalized spacial score (nSPS) is 19.0. The molecule has 1 aromatic rings. The summed E-state index contributed by atoms with van der Waals surface area (Å²) in [7, 11) is 1.67. The SMILES string of the molecule is COc1cc(CCCCC(F)(F)[C@@H]2CCNC2)nc2c1CCCN2.Cl.Cl. The first-order chi connectivity index (χ1) is 11.6. The Morgan fingerprint density at radius 1 is 1.27 bits per heavy atom. The summed E-state index contributed by atoms with van der Waals surface area (Å²) in [4.78, 5) is 4.64. The summed E-state index contributed by atoms with van der Waals surface area (Å²) in [5.41, 5.74) is 2.05. The van der Waals surface area contributed by atoms with E-state index in [0.717, 1.165) is 48.6 Å². The van der Waals surface area contributed by atoms with Gasteiger partial charge < -0.3 is 15.4 Å². The van der Waals surface area contributed by atoms with Gasteiger partial charge in [0.2, 0.25) is 0 Å². The maximum Gasteiger partial charge on any atom is 0.252 e. The van der Waals surface area contributed by atoms with Crippen LogP contribution < -0.4 is 15.4 Å². The standard InChI is InChI=1S/C18H27F2N3O.2ClH/c1-24-16-11-14(23-17-15(16)6-4-9-22-17)5-2-3-8-18(19,20)13-7-10-21-12-13;;/h11,13,21H,2-10,12H2,1H3,(H,22,23);2*1H/t13-;;/m1../s1.